The molecular weight excluding hydrogens is 318 g/mol. The van der Waals surface area contributed by atoms with Gasteiger partial charge in [-0.05, 0) is 31.0 Å². The smallest absolute Gasteiger partial charge is 0.289 e. The van der Waals surface area contributed by atoms with E-state index in [1.165, 1.54) is 6.07 Å². The molecular formula is C19H19N3O3. The third kappa shape index (κ3) is 2.95. The van der Waals surface area contributed by atoms with Gasteiger partial charge in [0, 0.05) is 38.3 Å². The maximum atomic E-state index is 12.7. The molecule has 1 saturated heterocycles. The number of hydrogen-bond donors (Lipinski definition) is 0. The molecule has 0 N–H and O–H groups in total. The van der Waals surface area contributed by atoms with Gasteiger partial charge in [-0.25, -0.2) is 0 Å². The van der Waals surface area contributed by atoms with Crippen LogP contribution in [0.2, 0.25) is 0 Å². The van der Waals surface area contributed by atoms with E-state index in [2.05, 4.69) is 5.10 Å². The van der Waals surface area contributed by atoms with Crippen molar-refractivity contribution in [1.29, 1.82) is 0 Å². The Balaban J connectivity index is 1.51. The summed E-state index contributed by atoms with van der Waals surface area (Å²) in [5, 5.41) is 4.95. The lowest BCUT2D eigenvalue weighted by Gasteiger charge is -2.30. The van der Waals surface area contributed by atoms with Crippen molar-refractivity contribution < 1.29 is 9.21 Å². The number of rotatable bonds is 2. The highest BCUT2D eigenvalue weighted by atomic mass is 16.3. The average Bonchev–Trinajstić information content (AvgIpc) is 3.07. The summed E-state index contributed by atoms with van der Waals surface area (Å²) in [5.74, 6) is 0.260. The maximum Gasteiger partial charge on any atom is 0.289 e. The molecule has 0 atom stereocenters. The quantitative estimate of drug-likeness (QED) is 0.721. The molecule has 128 valence electrons. The molecule has 1 aromatic carbocycles. The predicted octanol–water partition coefficient (Wildman–Crippen LogP) is 2.55. The Morgan fingerprint density at radius 2 is 1.96 bits per heavy atom. The van der Waals surface area contributed by atoms with Crippen molar-refractivity contribution in [3.05, 3.63) is 64.3 Å². The van der Waals surface area contributed by atoms with E-state index in [1.54, 1.807) is 33.8 Å². The van der Waals surface area contributed by atoms with E-state index in [9.17, 15) is 9.59 Å². The number of aromatic nitrogens is 2. The van der Waals surface area contributed by atoms with E-state index in [4.69, 9.17) is 4.42 Å². The van der Waals surface area contributed by atoms with Gasteiger partial charge in [-0.3, -0.25) is 14.3 Å². The molecule has 3 heterocycles. The second kappa shape index (κ2) is 6.20. The van der Waals surface area contributed by atoms with Crippen LogP contribution in [0.25, 0.3) is 11.0 Å². The van der Waals surface area contributed by atoms with E-state index in [0.717, 1.165) is 18.5 Å². The average molecular weight is 337 g/mol. The van der Waals surface area contributed by atoms with Crippen molar-refractivity contribution in [3.8, 4) is 0 Å². The Kier molecular flexibility index (Phi) is 3.87. The number of hydrogen-bond acceptors (Lipinski definition) is 4. The molecule has 0 radical (unpaired) electrons. The largest absolute Gasteiger partial charge is 0.451 e. The molecule has 1 aliphatic rings. The summed E-state index contributed by atoms with van der Waals surface area (Å²) >= 11 is 0. The molecule has 6 nitrogen and oxygen atoms in total. The molecule has 2 aromatic heterocycles. The van der Waals surface area contributed by atoms with E-state index >= 15 is 0 Å². The monoisotopic (exact) mass is 337 g/mol. The van der Waals surface area contributed by atoms with Crippen LogP contribution in [-0.4, -0.2) is 33.7 Å². The fraction of sp³-hybridized carbons (Fsp3) is 0.316. The highest BCUT2D eigenvalue weighted by molar-refractivity contribution is 5.93. The molecule has 0 aliphatic carbocycles. The summed E-state index contributed by atoms with van der Waals surface area (Å²) in [6, 6.07) is 10.3. The molecule has 0 unspecified atom stereocenters. The van der Waals surface area contributed by atoms with Gasteiger partial charge in [0.05, 0.1) is 11.1 Å². The first kappa shape index (κ1) is 15.6. The fourth-order valence-corrected chi connectivity index (χ4v) is 3.39. The fourth-order valence-electron chi connectivity index (χ4n) is 3.39. The second-order valence-electron chi connectivity index (χ2n) is 6.45. The minimum absolute atomic E-state index is 0.111. The lowest BCUT2D eigenvalue weighted by molar-refractivity contribution is 0.0680. The first-order chi connectivity index (χ1) is 12.1. The van der Waals surface area contributed by atoms with Crippen LogP contribution in [0.5, 0.6) is 0 Å². The van der Waals surface area contributed by atoms with Crippen molar-refractivity contribution in [2.24, 2.45) is 7.05 Å². The van der Waals surface area contributed by atoms with Gasteiger partial charge in [0.25, 0.3) is 5.91 Å². The maximum absolute atomic E-state index is 12.7. The Hall–Kier alpha value is -2.89. The molecule has 1 fully saturated rings. The number of amides is 1. The molecule has 0 saturated carbocycles. The van der Waals surface area contributed by atoms with Crippen LogP contribution < -0.4 is 5.43 Å². The number of nitrogens with zero attached hydrogens (tertiary/aromatic N) is 3. The standard InChI is InChI=1S/C19H19N3O3/c1-21-9-8-15(20-21)13-6-10-22(11-7-13)19(24)18-12-16(23)14-4-2-3-5-17(14)25-18/h2-5,8-9,12-13H,6-7,10-11H2,1H3. The van der Waals surface area contributed by atoms with Crippen LogP contribution >= 0.6 is 0 Å². The first-order valence-electron chi connectivity index (χ1n) is 8.43. The van der Waals surface area contributed by atoms with Crippen molar-refractivity contribution in [3.63, 3.8) is 0 Å². The van der Waals surface area contributed by atoms with E-state index in [-0.39, 0.29) is 17.1 Å². The van der Waals surface area contributed by atoms with Crippen molar-refractivity contribution in [2.75, 3.05) is 13.1 Å². The lowest BCUT2D eigenvalue weighted by atomic mass is 9.93. The highest BCUT2D eigenvalue weighted by Gasteiger charge is 2.27. The number of carbonyl (C=O) groups is 1. The highest BCUT2D eigenvalue weighted by Crippen LogP contribution is 2.27. The summed E-state index contributed by atoms with van der Waals surface area (Å²) in [4.78, 5) is 26.7. The zero-order valence-electron chi connectivity index (χ0n) is 14.0. The van der Waals surface area contributed by atoms with Crippen molar-refractivity contribution in [2.45, 2.75) is 18.8 Å². The number of piperidine rings is 1. The molecule has 6 heteroatoms. The molecule has 3 aromatic rings. The third-order valence-corrected chi connectivity index (χ3v) is 4.78. The van der Waals surface area contributed by atoms with Gasteiger partial charge in [-0.1, -0.05) is 12.1 Å². The lowest BCUT2D eigenvalue weighted by Crippen LogP contribution is -2.38. The Morgan fingerprint density at radius 3 is 2.68 bits per heavy atom. The van der Waals surface area contributed by atoms with Crippen LogP contribution in [-0.2, 0) is 7.05 Å². The van der Waals surface area contributed by atoms with Crippen LogP contribution in [0.3, 0.4) is 0 Å². The zero-order chi connectivity index (χ0) is 17.4. The summed E-state index contributed by atoms with van der Waals surface area (Å²) in [5.41, 5.74) is 1.34. The predicted molar refractivity (Wildman–Crippen MR) is 93.6 cm³/mol. The van der Waals surface area contributed by atoms with Gasteiger partial charge < -0.3 is 9.32 Å². The van der Waals surface area contributed by atoms with Crippen molar-refractivity contribution >= 4 is 16.9 Å². The topological polar surface area (TPSA) is 68.3 Å². The number of carbonyl (C=O) groups excluding carboxylic acids is 1. The number of para-hydroxylation sites is 1. The van der Waals surface area contributed by atoms with Crippen LogP contribution in [0.15, 0.2) is 51.8 Å². The summed E-state index contributed by atoms with van der Waals surface area (Å²) in [7, 11) is 1.91. The summed E-state index contributed by atoms with van der Waals surface area (Å²) in [6.45, 7) is 1.27. The van der Waals surface area contributed by atoms with Crippen molar-refractivity contribution in [1.82, 2.24) is 14.7 Å². The van der Waals surface area contributed by atoms with Gasteiger partial charge in [0.15, 0.2) is 11.2 Å². The molecule has 0 bridgehead atoms. The number of aryl methyl sites for hydroxylation is 1. The second-order valence-corrected chi connectivity index (χ2v) is 6.45. The van der Waals surface area contributed by atoms with E-state index in [0.29, 0.717) is 30.0 Å². The first-order valence-corrected chi connectivity index (χ1v) is 8.43. The Bertz CT molecular complexity index is 981. The summed E-state index contributed by atoms with van der Waals surface area (Å²) in [6.07, 6.45) is 3.66. The van der Waals surface area contributed by atoms with Crippen LogP contribution in [0.1, 0.15) is 35.0 Å². The van der Waals surface area contributed by atoms with Crippen LogP contribution in [0, 0.1) is 0 Å². The molecule has 1 amide bonds. The number of fused-ring (bicyclic) bond motifs is 1. The minimum Gasteiger partial charge on any atom is -0.451 e. The van der Waals surface area contributed by atoms with E-state index in [1.807, 2.05) is 19.3 Å². The molecule has 4 rings (SSSR count). The molecule has 25 heavy (non-hydrogen) atoms. The zero-order valence-corrected chi connectivity index (χ0v) is 14.0. The molecule has 0 spiro atoms. The van der Waals surface area contributed by atoms with E-state index < -0.39 is 0 Å². The SMILES string of the molecule is Cn1ccc(C2CCN(C(=O)c3cc(=O)c4ccccc4o3)CC2)n1. The number of benzene rings is 1. The Morgan fingerprint density at radius 1 is 1.20 bits per heavy atom. The molecule has 1 aliphatic heterocycles. The normalized spacial score (nSPS) is 15.6. The van der Waals surface area contributed by atoms with Gasteiger partial charge in [0.1, 0.15) is 5.58 Å². The summed E-state index contributed by atoms with van der Waals surface area (Å²) < 4.78 is 7.47. The van der Waals surface area contributed by atoms with Gasteiger partial charge in [0.2, 0.25) is 0 Å². The minimum atomic E-state index is -0.220. The number of likely N-dealkylation sites (tertiary alicyclic amines) is 1. The third-order valence-electron chi connectivity index (χ3n) is 4.78. The van der Waals surface area contributed by atoms with Gasteiger partial charge in [-0.2, -0.15) is 5.10 Å². The van der Waals surface area contributed by atoms with Gasteiger partial charge in [-0.15, -0.1) is 0 Å². The van der Waals surface area contributed by atoms with Gasteiger partial charge >= 0.3 is 0 Å². The Labute approximate surface area is 144 Å². The van der Waals surface area contributed by atoms with Crippen LogP contribution in [0.4, 0.5) is 0 Å².